The number of aryl methyl sites for hydroxylation is 1. The van der Waals surface area contributed by atoms with Gasteiger partial charge in [-0.15, -0.1) is 0 Å². The summed E-state index contributed by atoms with van der Waals surface area (Å²) in [5, 5.41) is 3.30. The molecule has 2 aromatic carbocycles. The highest BCUT2D eigenvalue weighted by molar-refractivity contribution is 5.45. The molecular formula is C18H22FNO. The van der Waals surface area contributed by atoms with Gasteiger partial charge >= 0.3 is 0 Å². The molecule has 0 bridgehead atoms. The smallest absolute Gasteiger partial charge is 0.165 e. The van der Waals surface area contributed by atoms with E-state index in [2.05, 4.69) is 36.5 Å². The first-order valence-corrected chi connectivity index (χ1v) is 7.38. The van der Waals surface area contributed by atoms with E-state index in [1.54, 1.807) is 6.07 Å². The maximum absolute atomic E-state index is 13.6. The highest BCUT2D eigenvalue weighted by Gasteiger charge is 2.03. The number of hydrogen-bond acceptors (Lipinski definition) is 2. The number of hydrogen-bond donors (Lipinski definition) is 1. The number of halogens is 1. The second-order valence-electron chi connectivity index (χ2n) is 5.12. The zero-order valence-corrected chi connectivity index (χ0v) is 12.7. The van der Waals surface area contributed by atoms with Crippen LogP contribution >= 0.6 is 0 Å². The number of rotatable bonds is 7. The fraction of sp³-hybridized carbons (Fsp3) is 0.333. The molecule has 0 unspecified atom stereocenters. The first kappa shape index (κ1) is 15.4. The summed E-state index contributed by atoms with van der Waals surface area (Å²) < 4.78 is 18.5. The number of benzene rings is 2. The zero-order valence-electron chi connectivity index (χ0n) is 12.7. The van der Waals surface area contributed by atoms with Gasteiger partial charge < -0.3 is 10.1 Å². The summed E-state index contributed by atoms with van der Waals surface area (Å²) in [6, 6.07) is 13.5. The van der Waals surface area contributed by atoms with Gasteiger partial charge in [-0.3, -0.25) is 0 Å². The molecule has 0 aliphatic heterocycles. The zero-order chi connectivity index (χ0) is 15.1. The van der Waals surface area contributed by atoms with Crippen molar-refractivity contribution in [2.45, 2.75) is 32.7 Å². The number of methoxy groups -OCH3 is 1. The van der Waals surface area contributed by atoms with Crippen molar-refractivity contribution in [3.8, 4) is 5.75 Å². The van der Waals surface area contributed by atoms with Crippen LogP contribution in [0.15, 0.2) is 42.5 Å². The van der Waals surface area contributed by atoms with Crippen molar-refractivity contribution in [3.05, 3.63) is 59.4 Å². The molecule has 0 radical (unpaired) electrons. The molecule has 0 saturated carbocycles. The van der Waals surface area contributed by atoms with Crippen LogP contribution in [0, 0.1) is 5.82 Å². The van der Waals surface area contributed by atoms with Gasteiger partial charge in [0.1, 0.15) is 0 Å². The van der Waals surface area contributed by atoms with Gasteiger partial charge in [0, 0.05) is 12.2 Å². The van der Waals surface area contributed by atoms with E-state index in [1.807, 2.05) is 6.07 Å². The molecule has 0 spiro atoms. The monoisotopic (exact) mass is 287 g/mol. The molecule has 0 saturated heterocycles. The van der Waals surface area contributed by atoms with Crippen LogP contribution in [-0.2, 0) is 13.0 Å². The number of unbranched alkanes of at least 4 members (excludes halogenated alkanes) is 1. The first-order chi connectivity index (χ1) is 10.2. The molecule has 3 heteroatoms. The first-order valence-electron chi connectivity index (χ1n) is 7.38. The van der Waals surface area contributed by atoms with Gasteiger partial charge in [0.05, 0.1) is 7.11 Å². The van der Waals surface area contributed by atoms with Gasteiger partial charge in [0.2, 0.25) is 0 Å². The minimum absolute atomic E-state index is 0.277. The summed E-state index contributed by atoms with van der Waals surface area (Å²) in [7, 11) is 1.47. The Kier molecular flexibility index (Phi) is 5.61. The Balaban J connectivity index is 1.92. The van der Waals surface area contributed by atoms with Crippen molar-refractivity contribution in [1.82, 2.24) is 0 Å². The van der Waals surface area contributed by atoms with E-state index in [1.165, 1.54) is 31.6 Å². The van der Waals surface area contributed by atoms with Crippen LogP contribution in [0.5, 0.6) is 5.75 Å². The Hall–Kier alpha value is -2.03. The maximum atomic E-state index is 13.6. The number of ether oxygens (including phenoxy) is 1. The predicted molar refractivity (Wildman–Crippen MR) is 85.3 cm³/mol. The topological polar surface area (TPSA) is 21.3 Å². The van der Waals surface area contributed by atoms with Crippen molar-refractivity contribution in [1.29, 1.82) is 0 Å². The van der Waals surface area contributed by atoms with Crippen molar-refractivity contribution in [3.63, 3.8) is 0 Å². The molecular weight excluding hydrogens is 265 g/mol. The third kappa shape index (κ3) is 4.48. The standard InChI is InChI=1S/C18H22FNO/c1-3-4-5-14-6-9-16(10-7-14)20-13-15-8-11-18(21-2)17(19)12-15/h6-12,20H,3-5,13H2,1-2H3. The molecule has 1 N–H and O–H groups in total. The van der Waals surface area contributed by atoms with Crippen LogP contribution in [0.25, 0.3) is 0 Å². The van der Waals surface area contributed by atoms with E-state index in [0.29, 0.717) is 6.54 Å². The summed E-state index contributed by atoms with van der Waals surface area (Å²) in [5.74, 6) is -0.0502. The molecule has 0 aliphatic rings. The van der Waals surface area contributed by atoms with Gasteiger partial charge in [-0.05, 0) is 48.2 Å². The highest BCUT2D eigenvalue weighted by atomic mass is 19.1. The molecule has 0 fully saturated rings. The van der Waals surface area contributed by atoms with Crippen molar-refractivity contribution in [2.75, 3.05) is 12.4 Å². The summed E-state index contributed by atoms with van der Waals surface area (Å²) >= 11 is 0. The molecule has 0 atom stereocenters. The Morgan fingerprint density at radius 3 is 2.38 bits per heavy atom. The molecule has 2 rings (SSSR count). The lowest BCUT2D eigenvalue weighted by Gasteiger charge is -2.09. The van der Waals surface area contributed by atoms with Crippen LogP contribution in [0.1, 0.15) is 30.9 Å². The second kappa shape index (κ2) is 7.67. The Bertz CT molecular complexity index is 566. The van der Waals surface area contributed by atoms with Gasteiger partial charge in [-0.1, -0.05) is 31.5 Å². The van der Waals surface area contributed by atoms with E-state index in [4.69, 9.17) is 4.74 Å². The normalized spacial score (nSPS) is 10.4. The van der Waals surface area contributed by atoms with Gasteiger partial charge in [0.25, 0.3) is 0 Å². The van der Waals surface area contributed by atoms with Crippen LogP contribution in [0.2, 0.25) is 0 Å². The largest absolute Gasteiger partial charge is 0.494 e. The molecule has 0 aliphatic carbocycles. The van der Waals surface area contributed by atoms with E-state index >= 15 is 0 Å². The lowest BCUT2D eigenvalue weighted by atomic mass is 10.1. The molecule has 0 aromatic heterocycles. The quantitative estimate of drug-likeness (QED) is 0.790. The lowest BCUT2D eigenvalue weighted by Crippen LogP contribution is -2.00. The second-order valence-corrected chi connectivity index (χ2v) is 5.12. The average molecular weight is 287 g/mol. The van der Waals surface area contributed by atoms with E-state index in [9.17, 15) is 4.39 Å². The minimum atomic E-state index is -0.327. The third-order valence-electron chi connectivity index (χ3n) is 3.49. The fourth-order valence-electron chi connectivity index (χ4n) is 2.19. The van der Waals surface area contributed by atoms with Crippen LogP contribution in [0.4, 0.5) is 10.1 Å². The Morgan fingerprint density at radius 1 is 1.05 bits per heavy atom. The van der Waals surface area contributed by atoms with E-state index < -0.39 is 0 Å². The molecule has 2 nitrogen and oxygen atoms in total. The van der Waals surface area contributed by atoms with Gasteiger partial charge in [-0.2, -0.15) is 0 Å². The van der Waals surface area contributed by atoms with Crippen molar-refractivity contribution in [2.24, 2.45) is 0 Å². The Labute approximate surface area is 126 Å². The van der Waals surface area contributed by atoms with Crippen LogP contribution < -0.4 is 10.1 Å². The van der Waals surface area contributed by atoms with Gasteiger partial charge in [0.15, 0.2) is 11.6 Å². The summed E-state index contributed by atoms with van der Waals surface area (Å²) in [6.45, 7) is 2.79. The predicted octanol–water partition coefficient (Wildman–Crippen LogP) is 4.79. The summed E-state index contributed by atoms with van der Waals surface area (Å²) in [6.07, 6.45) is 3.56. The van der Waals surface area contributed by atoms with Crippen LogP contribution in [0.3, 0.4) is 0 Å². The van der Waals surface area contributed by atoms with Gasteiger partial charge in [-0.25, -0.2) is 4.39 Å². The van der Waals surface area contributed by atoms with Crippen molar-refractivity contribution < 1.29 is 9.13 Å². The highest BCUT2D eigenvalue weighted by Crippen LogP contribution is 2.19. The average Bonchev–Trinajstić information content (AvgIpc) is 2.52. The maximum Gasteiger partial charge on any atom is 0.165 e. The van der Waals surface area contributed by atoms with Crippen LogP contribution in [-0.4, -0.2) is 7.11 Å². The summed E-state index contributed by atoms with van der Waals surface area (Å²) in [5.41, 5.74) is 3.30. The molecule has 112 valence electrons. The number of nitrogens with one attached hydrogen (secondary N) is 1. The Morgan fingerprint density at radius 2 is 1.76 bits per heavy atom. The third-order valence-corrected chi connectivity index (χ3v) is 3.49. The molecule has 0 amide bonds. The molecule has 2 aromatic rings. The van der Waals surface area contributed by atoms with Crippen molar-refractivity contribution >= 4 is 5.69 Å². The SMILES string of the molecule is CCCCc1ccc(NCc2ccc(OC)c(F)c2)cc1. The fourth-order valence-corrected chi connectivity index (χ4v) is 2.19. The summed E-state index contributed by atoms with van der Waals surface area (Å²) in [4.78, 5) is 0. The molecule has 0 heterocycles. The molecule has 21 heavy (non-hydrogen) atoms. The lowest BCUT2D eigenvalue weighted by molar-refractivity contribution is 0.386. The van der Waals surface area contributed by atoms with E-state index in [0.717, 1.165) is 17.7 Å². The minimum Gasteiger partial charge on any atom is -0.494 e. The number of anilines is 1. The van der Waals surface area contributed by atoms with E-state index in [-0.39, 0.29) is 11.6 Å².